The summed E-state index contributed by atoms with van der Waals surface area (Å²) in [6, 6.07) is 3.15. The molecule has 0 aromatic carbocycles. The van der Waals surface area contributed by atoms with Gasteiger partial charge in [-0.2, -0.15) is 0 Å². The second-order valence-corrected chi connectivity index (χ2v) is 1.90. The highest BCUT2D eigenvalue weighted by Gasteiger charge is 2.00. The molecule has 0 saturated carbocycles. The number of aromatic nitrogens is 1. The van der Waals surface area contributed by atoms with Crippen molar-refractivity contribution < 1.29 is 9.90 Å². The smallest absolute Gasteiger partial charge is 0.253 e. The van der Waals surface area contributed by atoms with Gasteiger partial charge in [-0.15, -0.1) is 0 Å². The number of nitrogens with one attached hydrogen (secondary N) is 1. The Balaban J connectivity index is 2.69. The van der Waals surface area contributed by atoms with Crippen LogP contribution in [0.3, 0.4) is 0 Å². The van der Waals surface area contributed by atoms with Crippen LogP contribution < -0.4 is 5.32 Å². The van der Waals surface area contributed by atoms with E-state index in [0.29, 0.717) is 5.56 Å². The van der Waals surface area contributed by atoms with Crippen LogP contribution in [0.2, 0.25) is 0 Å². The van der Waals surface area contributed by atoms with Gasteiger partial charge in [-0.05, 0) is 12.1 Å². The maximum Gasteiger partial charge on any atom is 0.253 e. The van der Waals surface area contributed by atoms with E-state index >= 15 is 0 Å². The molecule has 0 saturated heterocycles. The van der Waals surface area contributed by atoms with Crippen LogP contribution in [0.1, 0.15) is 10.4 Å². The Kier molecular flexibility index (Phi) is 2.57. The minimum atomic E-state index is -0.346. The second-order valence-electron chi connectivity index (χ2n) is 1.90. The minimum Gasteiger partial charge on any atom is -0.376 e. The van der Waals surface area contributed by atoms with E-state index in [1.54, 1.807) is 12.1 Å². The van der Waals surface area contributed by atoms with Crippen LogP contribution in [0.25, 0.3) is 0 Å². The molecular formula is C7H8N2O2. The van der Waals surface area contributed by atoms with Crippen molar-refractivity contribution in [3.05, 3.63) is 30.1 Å². The molecule has 0 bridgehead atoms. The molecule has 1 heterocycles. The lowest BCUT2D eigenvalue weighted by Gasteiger charge is -1.98. The fourth-order valence-corrected chi connectivity index (χ4v) is 0.677. The Hall–Kier alpha value is -1.42. The second kappa shape index (κ2) is 3.68. The quantitative estimate of drug-likeness (QED) is 0.575. The van der Waals surface area contributed by atoms with Gasteiger partial charge in [0.05, 0.1) is 0 Å². The van der Waals surface area contributed by atoms with Crippen molar-refractivity contribution in [2.75, 3.05) is 6.73 Å². The Morgan fingerprint density at radius 3 is 2.73 bits per heavy atom. The van der Waals surface area contributed by atoms with Gasteiger partial charge in [-0.3, -0.25) is 9.78 Å². The molecule has 0 unspecified atom stereocenters. The van der Waals surface area contributed by atoms with Crippen molar-refractivity contribution in [1.82, 2.24) is 10.3 Å². The molecule has 1 aromatic heterocycles. The van der Waals surface area contributed by atoms with Crippen LogP contribution in [0.5, 0.6) is 0 Å². The average Bonchev–Trinajstić information content (AvgIpc) is 2.07. The van der Waals surface area contributed by atoms with Gasteiger partial charge in [-0.25, -0.2) is 0 Å². The molecule has 2 N–H and O–H groups in total. The van der Waals surface area contributed by atoms with Crippen LogP contribution in [0, 0.1) is 0 Å². The van der Waals surface area contributed by atoms with Gasteiger partial charge in [0.2, 0.25) is 0 Å². The van der Waals surface area contributed by atoms with Crippen molar-refractivity contribution in [1.29, 1.82) is 0 Å². The molecule has 58 valence electrons. The maximum atomic E-state index is 10.9. The first kappa shape index (κ1) is 7.68. The lowest BCUT2D eigenvalue weighted by atomic mass is 10.2. The highest BCUT2D eigenvalue weighted by atomic mass is 16.3. The first-order valence-corrected chi connectivity index (χ1v) is 3.13. The summed E-state index contributed by atoms with van der Waals surface area (Å²) in [6.45, 7) is -0.346. The molecule has 0 aliphatic rings. The third kappa shape index (κ3) is 2.01. The van der Waals surface area contributed by atoms with E-state index in [0.717, 1.165) is 0 Å². The van der Waals surface area contributed by atoms with Gasteiger partial charge in [0.1, 0.15) is 6.73 Å². The predicted molar refractivity (Wildman–Crippen MR) is 38.8 cm³/mol. The van der Waals surface area contributed by atoms with Crippen LogP contribution in [-0.4, -0.2) is 22.7 Å². The lowest BCUT2D eigenvalue weighted by Crippen LogP contribution is -2.23. The summed E-state index contributed by atoms with van der Waals surface area (Å²) in [7, 11) is 0. The van der Waals surface area contributed by atoms with Crippen LogP contribution >= 0.6 is 0 Å². The minimum absolute atomic E-state index is 0.296. The number of hydrogen-bond acceptors (Lipinski definition) is 3. The van der Waals surface area contributed by atoms with Crippen molar-refractivity contribution in [2.45, 2.75) is 0 Å². The highest BCUT2D eigenvalue weighted by molar-refractivity contribution is 5.93. The molecule has 11 heavy (non-hydrogen) atoms. The summed E-state index contributed by atoms with van der Waals surface area (Å²) in [5.41, 5.74) is 0.494. The SMILES string of the molecule is O=C(NCO)c1ccncc1. The van der Waals surface area contributed by atoms with E-state index in [4.69, 9.17) is 5.11 Å². The zero-order valence-corrected chi connectivity index (χ0v) is 5.82. The van der Waals surface area contributed by atoms with Crippen molar-refractivity contribution in [3.63, 3.8) is 0 Å². The van der Waals surface area contributed by atoms with E-state index in [9.17, 15) is 4.79 Å². The molecule has 4 heteroatoms. The van der Waals surface area contributed by atoms with Gasteiger partial charge in [0.25, 0.3) is 5.91 Å². The zero-order chi connectivity index (χ0) is 8.10. The number of nitrogens with zero attached hydrogens (tertiary/aromatic N) is 1. The van der Waals surface area contributed by atoms with Gasteiger partial charge >= 0.3 is 0 Å². The summed E-state index contributed by atoms with van der Waals surface area (Å²) in [5.74, 6) is -0.296. The molecule has 0 fully saturated rings. The van der Waals surface area contributed by atoms with Crippen molar-refractivity contribution in [2.24, 2.45) is 0 Å². The third-order valence-corrected chi connectivity index (χ3v) is 1.18. The molecule has 0 atom stereocenters. The van der Waals surface area contributed by atoms with E-state index in [2.05, 4.69) is 10.3 Å². The van der Waals surface area contributed by atoms with Gasteiger partial charge in [0, 0.05) is 18.0 Å². The first-order valence-electron chi connectivity index (χ1n) is 3.13. The molecule has 4 nitrogen and oxygen atoms in total. The summed E-state index contributed by atoms with van der Waals surface area (Å²) >= 11 is 0. The zero-order valence-electron chi connectivity index (χ0n) is 5.82. The van der Waals surface area contributed by atoms with Crippen LogP contribution in [0.15, 0.2) is 24.5 Å². The summed E-state index contributed by atoms with van der Waals surface area (Å²) in [4.78, 5) is 14.7. The average molecular weight is 152 g/mol. The van der Waals surface area contributed by atoms with Crippen LogP contribution in [-0.2, 0) is 0 Å². The molecule has 0 spiro atoms. The summed E-state index contributed by atoms with van der Waals surface area (Å²) in [5, 5.41) is 10.6. The fourth-order valence-electron chi connectivity index (χ4n) is 0.677. The van der Waals surface area contributed by atoms with Gasteiger partial charge in [-0.1, -0.05) is 0 Å². The Morgan fingerprint density at radius 2 is 2.18 bits per heavy atom. The number of aliphatic hydroxyl groups is 1. The van der Waals surface area contributed by atoms with Crippen molar-refractivity contribution >= 4 is 5.91 Å². The molecule has 0 aliphatic heterocycles. The lowest BCUT2D eigenvalue weighted by molar-refractivity contribution is 0.0910. The molecule has 1 amide bonds. The third-order valence-electron chi connectivity index (χ3n) is 1.18. The standard InChI is InChI=1S/C7H8N2O2/c10-5-9-7(11)6-1-3-8-4-2-6/h1-4,10H,5H2,(H,9,11). The van der Waals surface area contributed by atoms with E-state index < -0.39 is 0 Å². The number of pyridine rings is 1. The molecule has 0 radical (unpaired) electrons. The number of amides is 1. The first-order chi connectivity index (χ1) is 5.34. The fraction of sp³-hybridized carbons (Fsp3) is 0.143. The predicted octanol–water partition coefficient (Wildman–Crippen LogP) is -0.239. The number of carbonyl (C=O) groups is 1. The molecule has 0 aliphatic carbocycles. The topological polar surface area (TPSA) is 62.2 Å². The van der Waals surface area contributed by atoms with Crippen LogP contribution in [0.4, 0.5) is 0 Å². The largest absolute Gasteiger partial charge is 0.376 e. The van der Waals surface area contributed by atoms with E-state index in [-0.39, 0.29) is 12.6 Å². The Bertz CT molecular complexity index is 235. The van der Waals surface area contributed by atoms with Gasteiger partial charge < -0.3 is 10.4 Å². The van der Waals surface area contributed by atoms with Gasteiger partial charge in [0.15, 0.2) is 0 Å². The number of carbonyl (C=O) groups excluding carboxylic acids is 1. The maximum absolute atomic E-state index is 10.9. The Labute approximate surface area is 63.9 Å². The normalized spacial score (nSPS) is 9.18. The monoisotopic (exact) mass is 152 g/mol. The molecular weight excluding hydrogens is 144 g/mol. The Morgan fingerprint density at radius 1 is 1.55 bits per heavy atom. The molecule has 1 aromatic rings. The van der Waals surface area contributed by atoms with E-state index in [1.807, 2.05) is 0 Å². The number of rotatable bonds is 2. The number of aliphatic hydroxyl groups excluding tert-OH is 1. The summed E-state index contributed by atoms with van der Waals surface area (Å²) < 4.78 is 0. The highest BCUT2D eigenvalue weighted by Crippen LogP contribution is 1.94. The molecule has 1 rings (SSSR count). The number of hydrogen-bond donors (Lipinski definition) is 2. The van der Waals surface area contributed by atoms with Crippen molar-refractivity contribution in [3.8, 4) is 0 Å². The van der Waals surface area contributed by atoms with E-state index in [1.165, 1.54) is 12.4 Å². The summed E-state index contributed by atoms with van der Waals surface area (Å²) in [6.07, 6.45) is 3.04.